The monoisotopic (exact) mass is 776 g/mol. The van der Waals surface area contributed by atoms with Gasteiger partial charge in [0.1, 0.15) is 0 Å². The molecule has 0 atom stereocenters. The van der Waals surface area contributed by atoms with E-state index in [1.165, 1.54) is 0 Å². The molecule has 4 aromatic heterocycles. The zero-order chi connectivity index (χ0) is 40.5. The summed E-state index contributed by atoms with van der Waals surface area (Å²) in [6, 6.07) is 70.5. The number of aromatic nitrogens is 6. The molecule has 0 aliphatic carbocycles. The molecule has 10 rings (SSSR count). The molecule has 0 fully saturated rings. The fourth-order valence-electron chi connectivity index (χ4n) is 7.07. The van der Waals surface area contributed by atoms with Gasteiger partial charge in [0.15, 0.2) is 0 Å². The Morgan fingerprint density at radius 1 is 0.350 bits per heavy atom. The molecule has 288 valence electrons. The Hall–Kier alpha value is -8.36. The van der Waals surface area contributed by atoms with Crippen LogP contribution < -0.4 is 10.6 Å². The van der Waals surface area contributed by atoms with E-state index in [9.17, 15) is 0 Å². The number of benzene rings is 6. The fraction of sp³-hybridized carbons (Fsp3) is 0. The van der Waals surface area contributed by atoms with Crippen molar-refractivity contribution in [3.8, 4) is 56.4 Å². The predicted molar refractivity (Wildman–Crippen MR) is 244 cm³/mol. The van der Waals surface area contributed by atoms with Gasteiger partial charge in [0.2, 0.25) is 0 Å². The van der Waals surface area contributed by atoms with Crippen molar-refractivity contribution in [2.45, 2.75) is 0 Å². The van der Waals surface area contributed by atoms with Crippen molar-refractivity contribution in [2.24, 2.45) is 0 Å². The van der Waals surface area contributed by atoms with Crippen LogP contribution >= 0.6 is 0 Å². The Labute approximate surface area is 349 Å². The van der Waals surface area contributed by atoms with E-state index in [1.54, 1.807) is 24.5 Å². The van der Waals surface area contributed by atoms with Gasteiger partial charge >= 0.3 is 0 Å². The standard InChI is InChI=1S/C47H34N6.C5H6N2/c1-5-13-35(14-6-1)44-33-46(37-17-9-3-10-18-37)52(49-44)42-25-21-39(22-26-42)51(41-29-31-48-32-30-41)40-23-27-43(28-24-40)53-47(38-19-11-4-12-20-38)34-45(50-53)36-15-7-2-8-16-36;6-5-1-3-7-4-2-5/h1-34H;1-4H,(H2,6,7). The van der Waals surface area contributed by atoms with Gasteiger partial charge in [-0.3, -0.25) is 9.97 Å². The average Bonchev–Trinajstić information content (AvgIpc) is 3.99. The third-order valence-electron chi connectivity index (χ3n) is 10.0. The molecule has 0 spiro atoms. The minimum absolute atomic E-state index is 0.759. The van der Waals surface area contributed by atoms with E-state index in [0.29, 0.717) is 0 Å². The quantitative estimate of drug-likeness (QED) is 0.157. The van der Waals surface area contributed by atoms with Crippen LogP contribution in [0.25, 0.3) is 56.4 Å². The average molecular weight is 777 g/mol. The molecule has 0 bridgehead atoms. The molecule has 0 saturated carbocycles. The van der Waals surface area contributed by atoms with Crippen molar-refractivity contribution in [3.63, 3.8) is 0 Å². The molecule has 10 aromatic rings. The number of nitrogen functional groups attached to an aromatic ring is 1. The van der Waals surface area contributed by atoms with E-state index < -0.39 is 0 Å². The van der Waals surface area contributed by atoms with Crippen LogP contribution in [-0.4, -0.2) is 29.5 Å². The lowest BCUT2D eigenvalue weighted by Crippen LogP contribution is -2.10. The van der Waals surface area contributed by atoms with Gasteiger partial charge < -0.3 is 10.6 Å². The lowest BCUT2D eigenvalue weighted by molar-refractivity contribution is 0.891. The highest BCUT2D eigenvalue weighted by Crippen LogP contribution is 2.37. The first kappa shape index (κ1) is 37.2. The number of anilines is 4. The lowest BCUT2D eigenvalue weighted by Gasteiger charge is -2.25. The van der Waals surface area contributed by atoms with Gasteiger partial charge in [-0.05, 0) is 84.9 Å². The predicted octanol–water partition coefficient (Wildman–Crippen LogP) is 12.3. The Balaban J connectivity index is 0.000000602. The van der Waals surface area contributed by atoms with E-state index in [2.05, 4.69) is 148 Å². The van der Waals surface area contributed by atoms with Gasteiger partial charge in [0.25, 0.3) is 0 Å². The second kappa shape index (κ2) is 17.4. The maximum atomic E-state index is 5.32. The van der Waals surface area contributed by atoms with Crippen LogP contribution in [0.2, 0.25) is 0 Å². The van der Waals surface area contributed by atoms with Crippen molar-refractivity contribution in [1.82, 2.24) is 29.5 Å². The molecular formula is C52H40N8. The summed E-state index contributed by atoms with van der Waals surface area (Å²) >= 11 is 0. The minimum atomic E-state index is 0.759. The Kier molecular flexibility index (Phi) is 10.8. The van der Waals surface area contributed by atoms with E-state index in [-0.39, 0.29) is 0 Å². The maximum Gasteiger partial charge on any atom is 0.0934 e. The molecule has 0 amide bonds. The van der Waals surface area contributed by atoms with E-state index in [1.807, 2.05) is 82.4 Å². The summed E-state index contributed by atoms with van der Waals surface area (Å²) in [6.45, 7) is 0. The first-order valence-corrected chi connectivity index (χ1v) is 19.7. The summed E-state index contributed by atoms with van der Waals surface area (Å²) in [4.78, 5) is 10.3. The van der Waals surface area contributed by atoms with E-state index >= 15 is 0 Å². The Bertz CT molecular complexity index is 2720. The van der Waals surface area contributed by atoms with Crippen LogP contribution in [0, 0.1) is 0 Å². The maximum absolute atomic E-state index is 5.32. The van der Waals surface area contributed by atoms with Crippen LogP contribution in [-0.2, 0) is 0 Å². The van der Waals surface area contributed by atoms with Gasteiger partial charge in [-0.15, -0.1) is 0 Å². The fourth-order valence-corrected chi connectivity index (χ4v) is 7.07. The van der Waals surface area contributed by atoms with E-state index in [4.69, 9.17) is 15.9 Å². The van der Waals surface area contributed by atoms with Crippen LogP contribution in [0.3, 0.4) is 0 Å². The van der Waals surface area contributed by atoms with Crippen molar-refractivity contribution in [3.05, 3.63) is 231 Å². The molecule has 0 radical (unpaired) electrons. The van der Waals surface area contributed by atoms with E-state index in [0.717, 1.165) is 79.2 Å². The Morgan fingerprint density at radius 2 is 0.683 bits per heavy atom. The van der Waals surface area contributed by atoms with Crippen LogP contribution in [0.15, 0.2) is 231 Å². The molecule has 0 aliphatic heterocycles. The number of rotatable bonds is 9. The molecule has 8 heteroatoms. The van der Waals surface area contributed by atoms with Crippen molar-refractivity contribution in [2.75, 3.05) is 10.6 Å². The number of hydrogen-bond acceptors (Lipinski definition) is 6. The molecule has 8 nitrogen and oxygen atoms in total. The number of nitrogens with zero attached hydrogens (tertiary/aromatic N) is 7. The minimum Gasteiger partial charge on any atom is -0.399 e. The summed E-state index contributed by atoms with van der Waals surface area (Å²) < 4.78 is 4.07. The second-order valence-electron chi connectivity index (χ2n) is 14.0. The zero-order valence-corrected chi connectivity index (χ0v) is 32.6. The van der Waals surface area contributed by atoms with Gasteiger partial charge in [0, 0.05) is 69.8 Å². The zero-order valence-electron chi connectivity index (χ0n) is 32.6. The third-order valence-corrected chi connectivity index (χ3v) is 10.0. The lowest BCUT2D eigenvalue weighted by atomic mass is 10.1. The molecule has 0 aliphatic rings. The molecule has 6 aromatic carbocycles. The summed E-state index contributed by atoms with van der Waals surface area (Å²) in [6.07, 6.45) is 6.98. The van der Waals surface area contributed by atoms with Crippen LogP contribution in [0.4, 0.5) is 22.7 Å². The van der Waals surface area contributed by atoms with Gasteiger partial charge in [-0.25, -0.2) is 9.36 Å². The highest BCUT2D eigenvalue weighted by Gasteiger charge is 2.18. The number of nitrogens with two attached hydrogens (primary N) is 1. The second-order valence-corrected chi connectivity index (χ2v) is 14.0. The molecule has 0 saturated heterocycles. The summed E-state index contributed by atoms with van der Waals surface area (Å²) in [7, 11) is 0. The summed E-state index contributed by atoms with van der Waals surface area (Å²) in [5.74, 6) is 0. The topological polar surface area (TPSA) is 90.7 Å². The summed E-state index contributed by atoms with van der Waals surface area (Å²) in [5, 5.41) is 10.2. The summed E-state index contributed by atoms with van der Waals surface area (Å²) in [5.41, 5.74) is 19.3. The molecule has 4 heterocycles. The number of pyridine rings is 2. The Morgan fingerprint density at radius 3 is 1.03 bits per heavy atom. The van der Waals surface area contributed by atoms with Gasteiger partial charge in [-0.1, -0.05) is 121 Å². The van der Waals surface area contributed by atoms with Crippen molar-refractivity contribution < 1.29 is 0 Å². The highest BCUT2D eigenvalue weighted by molar-refractivity contribution is 5.78. The SMILES string of the molecule is Nc1ccncc1.c1ccc(-c2cc(-c3ccccc3)n(-c3ccc(N(c4ccncc4)c4ccc(-n5nc(-c6ccccc6)cc5-c5ccccc5)cc4)cc3)n2)cc1. The van der Waals surface area contributed by atoms with Gasteiger partial charge in [-0.2, -0.15) is 10.2 Å². The molecular weight excluding hydrogens is 737 g/mol. The normalized spacial score (nSPS) is 10.7. The smallest absolute Gasteiger partial charge is 0.0934 e. The van der Waals surface area contributed by atoms with Crippen LogP contribution in [0.5, 0.6) is 0 Å². The molecule has 0 unspecified atom stereocenters. The largest absolute Gasteiger partial charge is 0.399 e. The first-order chi connectivity index (χ1) is 29.7. The van der Waals surface area contributed by atoms with Crippen molar-refractivity contribution in [1.29, 1.82) is 0 Å². The van der Waals surface area contributed by atoms with Crippen LogP contribution in [0.1, 0.15) is 0 Å². The first-order valence-electron chi connectivity index (χ1n) is 19.7. The molecule has 2 N–H and O–H groups in total. The molecule has 60 heavy (non-hydrogen) atoms. The van der Waals surface area contributed by atoms with Crippen molar-refractivity contribution >= 4 is 22.7 Å². The van der Waals surface area contributed by atoms with Gasteiger partial charge in [0.05, 0.1) is 34.2 Å². The third kappa shape index (κ3) is 8.20. The number of hydrogen-bond donors (Lipinski definition) is 1. The highest BCUT2D eigenvalue weighted by atomic mass is 15.3.